The molecule has 16 heavy (non-hydrogen) atoms. The third-order valence-electron chi connectivity index (χ3n) is 3.42. The molecule has 1 atom stereocenters. The van der Waals surface area contributed by atoms with Crippen LogP contribution in [0, 0.1) is 0 Å². The fourth-order valence-electron chi connectivity index (χ4n) is 2.58. The second-order valence-corrected chi connectivity index (χ2v) is 4.81. The molecule has 1 unspecified atom stereocenters. The summed E-state index contributed by atoms with van der Waals surface area (Å²) in [5, 5.41) is 0.774. The molecule has 2 N–H and O–H groups in total. The van der Waals surface area contributed by atoms with Crippen LogP contribution in [0.2, 0.25) is 5.02 Å². The summed E-state index contributed by atoms with van der Waals surface area (Å²) in [6.07, 6.45) is 3.78. The predicted molar refractivity (Wildman–Crippen MR) is 70.0 cm³/mol. The Kier molecular flexibility index (Phi) is 3.72. The highest BCUT2D eigenvalue weighted by atomic mass is 35.5. The van der Waals surface area contributed by atoms with Crippen LogP contribution in [0.25, 0.3) is 0 Å². The van der Waals surface area contributed by atoms with Crippen LogP contribution in [0.3, 0.4) is 0 Å². The quantitative estimate of drug-likeness (QED) is 0.877. The van der Waals surface area contributed by atoms with E-state index in [0.717, 1.165) is 17.1 Å². The third-order valence-corrected chi connectivity index (χ3v) is 3.65. The van der Waals surface area contributed by atoms with Crippen molar-refractivity contribution in [2.24, 2.45) is 5.73 Å². The van der Waals surface area contributed by atoms with Crippen molar-refractivity contribution in [2.45, 2.75) is 38.8 Å². The Balaban J connectivity index is 2.31. The standard InChI is InChI=1S/C13H19ClN2/c1-2-12-4-3-7-16(12)13-6-5-11(14)8-10(13)9-15/h5-6,8,12H,2-4,7,9,15H2,1H3. The molecule has 2 rings (SSSR count). The van der Waals surface area contributed by atoms with E-state index in [1.54, 1.807) is 0 Å². The van der Waals surface area contributed by atoms with Gasteiger partial charge < -0.3 is 10.6 Å². The minimum Gasteiger partial charge on any atom is -0.368 e. The third kappa shape index (κ3) is 2.18. The molecule has 1 aliphatic rings. The zero-order chi connectivity index (χ0) is 11.5. The van der Waals surface area contributed by atoms with Gasteiger partial charge in [-0.1, -0.05) is 18.5 Å². The molecule has 0 aliphatic carbocycles. The van der Waals surface area contributed by atoms with Gasteiger partial charge in [0.1, 0.15) is 0 Å². The average Bonchev–Trinajstić information content (AvgIpc) is 2.76. The summed E-state index contributed by atoms with van der Waals surface area (Å²) in [6.45, 7) is 3.96. The maximum atomic E-state index is 6.00. The number of nitrogens with zero attached hydrogens (tertiary/aromatic N) is 1. The number of anilines is 1. The second kappa shape index (κ2) is 5.07. The molecule has 2 nitrogen and oxygen atoms in total. The summed E-state index contributed by atoms with van der Waals surface area (Å²) >= 11 is 6.00. The lowest BCUT2D eigenvalue weighted by Crippen LogP contribution is -2.29. The van der Waals surface area contributed by atoms with Crippen LogP contribution in [0.15, 0.2) is 18.2 Å². The van der Waals surface area contributed by atoms with Crippen LogP contribution in [0.5, 0.6) is 0 Å². The van der Waals surface area contributed by atoms with Gasteiger partial charge in [-0.2, -0.15) is 0 Å². The van der Waals surface area contributed by atoms with Crippen LogP contribution in [0.4, 0.5) is 5.69 Å². The molecule has 0 aromatic heterocycles. The van der Waals surface area contributed by atoms with E-state index < -0.39 is 0 Å². The number of nitrogens with two attached hydrogens (primary N) is 1. The van der Waals surface area contributed by atoms with Crippen molar-refractivity contribution in [2.75, 3.05) is 11.4 Å². The Morgan fingerprint density at radius 1 is 1.50 bits per heavy atom. The van der Waals surface area contributed by atoms with E-state index in [9.17, 15) is 0 Å². The van der Waals surface area contributed by atoms with Gasteiger partial charge in [-0.05, 0) is 43.0 Å². The molecular weight excluding hydrogens is 220 g/mol. The molecule has 0 amide bonds. The first kappa shape index (κ1) is 11.7. The summed E-state index contributed by atoms with van der Waals surface area (Å²) in [5.74, 6) is 0. The fourth-order valence-corrected chi connectivity index (χ4v) is 2.77. The summed E-state index contributed by atoms with van der Waals surface area (Å²) < 4.78 is 0. The van der Waals surface area contributed by atoms with Gasteiger partial charge in [-0.3, -0.25) is 0 Å². The highest BCUT2D eigenvalue weighted by Gasteiger charge is 2.24. The van der Waals surface area contributed by atoms with Crippen LogP contribution in [0.1, 0.15) is 31.7 Å². The van der Waals surface area contributed by atoms with Crippen molar-refractivity contribution in [3.8, 4) is 0 Å². The first-order valence-electron chi connectivity index (χ1n) is 6.01. The highest BCUT2D eigenvalue weighted by molar-refractivity contribution is 6.30. The fraction of sp³-hybridized carbons (Fsp3) is 0.538. The Morgan fingerprint density at radius 2 is 2.31 bits per heavy atom. The molecule has 1 aromatic carbocycles. The number of hydrogen-bond donors (Lipinski definition) is 1. The molecular formula is C13H19ClN2. The van der Waals surface area contributed by atoms with Gasteiger partial charge in [0.05, 0.1) is 0 Å². The van der Waals surface area contributed by atoms with E-state index in [1.165, 1.54) is 24.9 Å². The largest absolute Gasteiger partial charge is 0.368 e. The van der Waals surface area contributed by atoms with Gasteiger partial charge in [0, 0.05) is 29.8 Å². The first-order chi connectivity index (χ1) is 7.76. The molecule has 1 fully saturated rings. The molecule has 3 heteroatoms. The zero-order valence-corrected chi connectivity index (χ0v) is 10.5. The van der Waals surface area contributed by atoms with E-state index in [-0.39, 0.29) is 0 Å². The molecule has 0 spiro atoms. The van der Waals surface area contributed by atoms with Crippen LogP contribution in [-0.2, 0) is 6.54 Å². The van der Waals surface area contributed by atoms with E-state index >= 15 is 0 Å². The smallest absolute Gasteiger partial charge is 0.0415 e. The maximum absolute atomic E-state index is 6.00. The number of halogens is 1. The van der Waals surface area contributed by atoms with Crippen molar-refractivity contribution < 1.29 is 0 Å². The zero-order valence-electron chi connectivity index (χ0n) is 9.75. The minimum absolute atomic E-state index is 0.558. The second-order valence-electron chi connectivity index (χ2n) is 4.37. The van der Waals surface area contributed by atoms with Crippen molar-refractivity contribution in [1.82, 2.24) is 0 Å². The summed E-state index contributed by atoms with van der Waals surface area (Å²) in [4.78, 5) is 2.48. The molecule has 88 valence electrons. The molecule has 0 radical (unpaired) electrons. The van der Waals surface area contributed by atoms with Gasteiger partial charge in [0.25, 0.3) is 0 Å². The summed E-state index contributed by atoms with van der Waals surface area (Å²) in [6, 6.07) is 6.73. The molecule has 1 aromatic rings. The van der Waals surface area contributed by atoms with E-state index in [4.69, 9.17) is 17.3 Å². The topological polar surface area (TPSA) is 29.3 Å². The molecule has 1 aliphatic heterocycles. The molecule has 0 bridgehead atoms. The van der Waals surface area contributed by atoms with E-state index in [2.05, 4.69) is 17.9 Å². The van der Waals surface area contributed by atoms with E-state index in [1.807, 2.05) is 12.1 Å². The van der Waals surface area contributed by atoms with Crippen molar-refractivity contribution in [3.63, 3.8) is 0 Å². The van der Waals surface area contributed by atoms with Crippen LogP contribution < -0.4 is 10.6 Å². The Hall–Kier alpha value is -0.730. The lowest BCUT2D eigenvalue weighted by atomic mass is 10.1. The van der Waals surface area contributed by atoms with E-state index in [0.29, 0.717) is 12.6 Å². The van der Waals surface area contributed by atoms with Gasteiger partial charge in [-0.25, -0.2) is 0 Å². The van der Waals surface area contributed by atoms with Crippen LogP contribution in [-0.4, -0.2) is 12.6 Å². The number of hydrogen-bond acceptors (Lipinski definition) is 2. The monoisotopic (exact) mass is 238 g/mol. The lowest BCUT2D eigenvalue weighted by Gasteiger charge is -2.28. The Bertz CT molecular complexity index is 365. The van der Waals surface area contributed by atoms with Crippen molar-refractivity contribution >= 4 is 17.3 Å². The Labute approximate surface area is 102 Å². The van der Waals surface area contributed by atoms with Crippen molar-refractivity contribution in [1.29, 1.82) is 0 Å². The lowest BCUT2D eigenvalue weighted by molar-refractivity contribution is 0.643. The van der Waals surface area contributed by atoms with Gasteiger partial charge in [0.15, 0.2) is 0 Å². The minimum atomic E-state index is 0.558. The molecule has 0 saturated carbocycles. The predicted octanol–water partition coefficient (Wildman–Crippen LogP) is 3.18. The highest BCUT2D eigenvalue weighted by Crippen LogP contribution is 2.31. The summed E-state index contributed by atoms with van der Waals surface area (Å²) in [7, 11) is 0. The first-order valence-corrected chi connectivity index (χ1v) is 6.39. The normalized spacial score (nSPS) is 20.4. The summed E-state index contributed by atoms with van der Waals surface area (Å²) in [5.41, 5.74) is 8.22. The van der Waals surface area contributed by atoms with Crippen LogP contribution >= 0.6 is 11.6 Å². The van der Waals surface area contributed by atoms with Gasteiger partial charge in [0.2, 0.25) is 0 Å². The molecule has 1 heterocycles. The number of benzene rings is 1. The number of rotatable bonds is 3. The SMILES string of the molecule is CCC1CCCN1c1ccc(Cl)cc1CN. The molecule has 1 saturated heterocycles. The van der Waals surface area contributed by atoms with Gasteiger partial charge >= 0.3 is 0 Å². The average molecular weight is 239 g/mol. The van der Waals surface area contributed by atoms with Crippen molar-refractivity contribution in [3.05, 3.63) is 28.8 Å². The Morgan fingerprint density at radius 3 is 3.00 bits per heavy atom. The van der Waals surface area contributed by atoms with Gasteiger partial charge in [-0.15, -0.1) is 0 Å². The maximum Gasteiger partial charge on any atom is 0.0415 e.